The van der Waals surface area contributed by atoms with Crippen molar-refractivity contribution in [2.24, 2.45) is 0 Å². The van der Waals surface area contributed by atoms with Crippen molar-refractivity contribution in [2.75, 3.05) is 17.1 Å². The molecule has 0 aliphatic heterocycles. The zero-order valence-electron chi connectivity index (χ0n) is 25.9. The Hall–Kier alpha value is -3.65. The van der Waals surface area contributed by atoms with Crippen molar-refractivity contribution in [1.82, 2.24) is 10.2 Å². The molecule has 7 nitrogen and oxygen atoms in total. The first kappa shape index (κ1) is 32.3. The molecule has 3 aromatic carbocycles. The van der Waals surface area contributed by atoms with E-state index in [0.717, 1.165) is 53.5 Å². The van der Waals surface area contributed by atoms with Crippen LogP contribution in [0.25, 0.3) is 0 Å². The van der Waals surface area contributed by atoms with Crippen molar-refractivity contribution in [3.8, 4) is 0 Å². The Morgan fingerprint density at radius 2 is 1.56 bits per heavy atom. The zero-order chi connectivity index (χ0) is 31.0. The van der Waals surface area contributed by atoms with Crippen molar-refractivity contribution in [1.29, 1.82) is 0 Å². The third-order valence-corrected chi connectivity index (χ3v) is 9.37. The molecular weight excluding hydrogens is 558 g/mol. The van der Waals surface area contributed by atoms with E-state index in [1.54, 1.807) is 4.90 Å². The predicted molar refractivity (Wildman–Crippen MR) is 173 cm³/mol. The summed E-state index contributed by atoms with van der Waals surface area (Å²) in [6.45, 7) is 6.29. The molecule has 1 atom stereocenters. The minimum atomic E-state index is -3.57. The molecule has 4 rings (SSSR count). The van der Waals surface area contributed by atoms with Gasteiger partial charge < -0.3 is 10.2 Å². The van der Waals surface area contributed by atoms with Gasteiger partial charge in [-0.1, -0.05) is 85.1 Å². The van der Waals surface area contributed by atoms with Gasteiger partial charge >= 0.3 is 0 Å². The van der Waals surface area contributed by atoms with Gasteiger partial charge in [0.25, 0.3) is 0 Å². The van der Waals surface area contributed by atoms with Gasteiger partial charge in [0.15, 0.2) is 0 Å². The second-order valence-corrected chi connectivity index (χ2v) is 13.8. The van der Waals surface area contributed by atoms with Crippen molar-refractivity contribution in [3.05, 3.63) is 101 Å². The van der Waals surface area contributed by atoms with Crippen molar-refractivity contribution >= 4 is 27.5 Å². The lowest BCUT2D eigenvalue weighted by Gasteiger charge is -2.33. The van der Waals surface area contributed by atoms with Crippen LogP contribution in [0.15, 0.2) is 72.8 Å². The van der Waals surface area contributed by atoms with Crippen LogP contribution in [-0.2, 0) is 32.6 Å². The number of carbonyl (C=O) groups is 2. The highest BCUT2D eigenvalue weighted by Crippen LogP contribution is 2.25. The van der Waals surface area contributed by atoms with Crippen LogP contribution in [0.3, 0.4) is 0 Å². The normalized spacial score (nSPS) is 14.3. The molecule has 1 N–H and O–H groups in total. The summed E-state index contributed by atoms with van der Waals surface area (Å²) in [5.74, 6) is -0.302. The molecule has 3 aromatic rings. The van der Waals surface area contributed by atoms with Crippen LogP contribution in [0, 0.1) is 20.8 Å². The molecule has 0 heterocycles. The van der Waals surface area contributed by atoms with Gasteiger partial charge in [-0.15, -0.1) is 0 Å². The minimum absolute atomic E-state index is 0.116. The first-order valence-electron chi connectivity index (χ1n) is 15.3. The third-order valence-electron chi connectivity index (χ3n) is 8.19. The molecule has 1 fully saturated rings. The lowest BCUT2D eigenvalue weighted by Crippen LogP contribution is -2.52. The Morgan fingerprint density at radius 3 is 2.23 bits per heavy atom. The second-order valence-electron chi connectivity index (χ2n) is 11.9. The Kier molecular flexibility index (Phi) is 11.0. The van der Waals surface area contributed by atoms with Crippen molar-refractivity contribution in [2.45, 2.75) is 84.3 Å². The lowest BCUT2D eigenvalue weighted by molar-refractivity contribution is -0.141. The average Bonchev–Trinajstić information content (AvgIpc) is 3.47. The summed E-state index contributed by atoms with van der Waals surface area (Å²) < 4.78 is 27.0. The van der Waals surface area contributed by atoms with Crippen LogP contribution in [0.5, 0.6) is 0 Å². The van der Waals surface area contributed by atoms with E-state index >= 15 is 0 Å². The average molecular weight is 604 g/mol. The highest BCUT2D eigenvalue weighted by Gasteiger charge is 2.32. The maximum atomic E-state index is 14.1. The minimum Gasteiger partial charge on any atom is -0.352 e. The molecule has 1 aliphatic rings. The highest BCUT2D eigenvalue weighted by atomic mass is 32.2. The van der Waals surface area contributed by atoms with Gasteiger partial charge in [-0.05, 0) is 68.4 Å². The zero-order valence-corrected chi connectivity index (χ0v) is 26.7. The largest absolute Gasteiger partial charge is 0.352 e. The topological polar surface area (TPSA) is 86.8 Å². The Morgan fingerprint density at radius 1 is 0.884 bits per heavy atom. The van der Waals surface area contributed by atoms with Crippen LogP contribution in [-0.4, -0.2) is 50.0 Å². The van der Waals surface area contributed by atoms with E-state index in [0.29, 0.717) is 25.1 Å². The maximum Gasteiger partial charge on any atom is 0.243 e. The van der Waals surface area contributed by atoms with E-state index in [2.05, 4.69) is 5.32 Å². The van der Waals surface area contributed by atoms with Gasteiger partial charge in [-0.25, -0.2) is 8.42 Å². The second kappa shape index (κ2) is 14.7. The smallest absolute Gasteiger partial charge is 0.243 e. The lowest BCUT2D eigenvalue weighted by atomic mass is 10.0. The van der Waals surface area contributed by atoms with E-state index in [9.17, 15) is 18.0 Å². The van der Waals surface area contributed by atoms with Crippen molar-refractivity contribution < 1.29 is 18.0 Å². The summed E-state index contributed by atoms with van der Waals surface area (Å²) in [4.78, 5) is 29.7. The van der Waals surface area contributed by atoms with E-state index in [-0.39, 0.29) is 30.8 Å². The van der Waals surface area contributed by atoms with Gasteiger partial charge in [0.2, 0.25) is 21.8 Å². The monoisotopic (exact) mass is 603 g/mol. The number of nitrogens with one attached hydrogen (secondary N) is 1. The SMILES string of the molecule is Cc1cccc(CN(C(=O)CCCN(c2cc(C)ccc2C)S(C)(=O)=O)C(Cc2ccccc2)C(=O)NC2CCCC2)c1. The van der Waals surface area contributed by atoms with E-state index in [4.69, 9.17) is 0 Å². The summed E-state index contributed by atoms with van der Waals surface area (Å²) in [7, 11) is -3.57. The number of carbonyl (C=O) groups excluding carboxylic acids is 2. The van der Waals surface area contributed by atoms with Crippen LogP contribution >= 0.6 is 0 Å². The fourth-order valence-corrected chi connectivity index (χ4v) is 6.91. The number of hydrogen-bond acceptors (Lipinski definition) is 4. The fourth-order valence-electron chi connectivity index (χ4n) is 5.90. The molecule has 0 radical (unpaired) electrons. The summed E-state index contributed by atoms with van der Waals surface area (Å²) in [6.07, 6.45) is 6.13. The van der Waals surface area contributed by atoms with Crippen LogP contribution < -0.4 is 9.62 Å². The van der Waals surface area contributed by atoms with Gasteiger partial charge in [0, 0.05) is 32.0 Å². The van der Waals surface area contributed by atoms with Crippen LogP contribution in [0.4, 0.5) is 5.69 Å². The van der Waals surface area contributed by atoms with E-state index < -0.39 is 16.1 Å². The number of aryl methyl sites for hydroxylation is 3. The molecule has 0 spiro atoms. The number of benzene rings is 3. The van der Waals surface area contributed by atoms with Crippen LogP contribution in [0.1, 0.15) is 66.3 Å². The summed E-state index contributed by atoms with van der Waals surface area (Å²) >= 11 is 0. The van der Waals surface area contributed by atoms with Crippen molar-refractivity contribution in [3.63, 3.8) is 0 Å². The number of nitrogens with zero attached hydrogens (tertiary/aromatic N) is 2. The summed E-state index contributed by atoms with van der Waals surface area (Å²) in [5.41, 5.74) is 5.46. The predicted octanol–water partition coefficient (Wildman–Crippen LogP) is 5.86. The van der Waals surface area contributed by atoms with Crippen LogP contribution in [0.2, 0.25) is 0 Å². The molecule has 0 saturated heterocycles. The molecule has 230 valence electrons. The standard InChI is InChI=1S/C35H45N3O4S/c1-26-12-10-15-30(22-26)25-37(33(24-29-13-6-5-7-14-29)35(40)36-31-16-8-9-17-31)34(39)18-11-21-38(43(4,41)42)32-23-27(2)19-20-28(32)3/h5-7,10,12-15,19-20,22-23,31,33H,8-9,11,16-18,21,24-25H2,1-4H3,(H,36,40). The van der Waals surface area contributed by atoms with E-state index in [1.165, 1.54) is 10.6 Å². The maximum absolute atomic E-state index is 14.1. The van der Waals surface area contributed by atoms with Gasteiger partial charge in [-0.2, -0.15) is 0 Å². The fraction of sp³-hybridized carbons (Fsp3) is 0.429. The summed E-state index contributed by atoms with van der Waals surface area (Å²) in [5, 5.41) is 3.24. The molecule has 1 unspecified atom stereocenters. The summed E-state index contributed by atoms with van der Waals surface area (Å²) in [6, 6.07) is 23.0. The van der Waals surface area contributed by atoms with Gasteiger partial charge in [-0.3, -0.25) is 13.9 Å². The van der Waals surface area contributed by atoms with E-state index in [1.807, 2.05) is 93.6 Å². The quantitative estimate of drug-likeness (QED) is 0.265. The Labute approximate surface area is 257 Å². The first-order chi connectivity index (χ1) is 20.5. The molecule has 8 heteroatoms. The highest BCUT2D eigenvalue weighted by molar-refractivity contribution is 7.92. The Bertz CT molecular complexity index is 1500. The number of anilines is 1. The number of rotatable bonds is 13. The molecule has 1 aliphatic carbocycles. The van der Waals surface area contributed by atoms with Gasteiger partial charge in [0.1, 0.15) is 6.04 Å². The van der Waals surface area contributed by atoms with Gasteiger partial charge in [0.05, 0.1) is 11.9 Å². The molecule has 2 amide bonds. The number of hydrogen-bond donors (Lipinski definition) is 1. The first-order valence-corrected chi connectivity index (χ1v) is 17.1. The molecule has 43 heavy (non-hydrogen) atoms. The molecule has 1 saturated carbocycles. The molecular formula is C35H45N3O4S. The Balaban J connectivity index is 1.60. The molecule has 0 bridgehead atoms. The molecule has 0 aromatic heterocycles. The number of sulfonamides is 1. The number of amides is 2. The third kappa shape index (κ3) is 9.17.